The minimum atomic E-state index is -0.487. The van der Waals surface area contributed by atoms with Crippen LogP contribution in [-0.4, -0.2) is 41.0 Å². The van der Waals surface area contributed by atoms with E-state index in [2.05, 4.69) is 15.3 Å². The fourth-order valence-electron chi connectivity index (χ4n) is 2.21. The summed E-state index contributed by atoms with van der Waals surface area (Å²) in [5.74, 6) is -0.0946. The summed E-state index contributed by atoms with van der Waals surface area (Å²) in [7, 11) is 0. The molecule has 0 aromatic carbocycles. The Morgan fingerprint density at radius 1 is 1.43 bits per heavy atom. The number of piperazine rings is 1. The van der Waals surface area contributed by atoms with Crippen LogP contribution in [0.25, 0.3) is 0 Å². The molecule has 0 saturated carbocycles. The Labute approximate surface area is 122 Å². The molecule has 2 heterocycles. The predicted octanol–water partition coefficient (Wildman–Crippen LogP) is 0.0890. The number of hydrogen-bond donors (Lipinski definition) is 2. The van der Waals surface area contributed by atoms with Gasteiger partial charge in [-0.05, 0) is 12.8 Å². The monoisotopic (exact) mass is 293 g/mol. The van der Waals surface area contributed by atoms with Gasteiger partial charge in [0.1, 0.15) is 18.1 Å². The fraction of sp³-hybridized carbons (Fsp3) is 0.538. The fourth-order valence-corrected chi connectivity index (χ4v) is 2.21. The third kappa shape index (κ3) is 3.04. The highest BCUT2D eigenvalue weighted by Crippen LogP contribution is 2.30. The highest BCUT2D eigenvalue weighted by Gasteiger charge is 2.34. The average Bonchev–Trinajstić information content (AvgIpc) is 2.45. The van der Waals surface area contributed by atoms with Crippen molar-refractivity contribution in [2.45, 2.75) is 32.7 Å². The van der Waals surface area contributed by atoms with Crippen molar-refractivity contribution in [3.8, 4) is 5.88 Å². The number of hydrogen-bond acceptors (Lipinski definition) is 7. The lowest BCUT2D eigenvalue weighted by Crippen LogP contribution is -2.58. The Balaban J connectivity index is 2.34. The summed E-state index contributed by atoms with van der Waals surface area (Å²) < 4.78 is 5.45. The van der Waals surface area contributed by atoms with E-state index in [9.17, 15) is 9.59 Å². The van der Waals surface area contributed by atoms with Gasteiger partial charge in [-0.2, -0.15) is 4.98 Å². The van der Waals surface area contributed by atoms with Crippen LogP contribution in [0, 0.1) is 0 Å². The van der Waals surface area contributed by atoms with Gasteiger partial charge < -0.3 is 15.4 Å². The van der Waals surface area contributed by atoms with Crippen LogP contribution >= 0.6 is 0 Å². The van der Waals surface area contributed by atoms with Gasteiger partial charge in [0.15, 0.2) is 5.82 Å². The lowest BCUT2D eigenvalue weighted by atomic mass is 10.1. The number of ether oxygens (including phenoxy) is 1. The number of nitrogens with two attached hydrogens (primary N) is 1. The summed E-state index contributed by atoms with van der Waals surface area (Å²) in [5.41, 5.74) is 6.27. The Bertz CT molecular complexity index is 549. The van der Waals surface area contributed by atoms with Gasteiger partial charge >= 0.3 is 0 Å². The number of nitrogens with zero attached hydrogens (tertiary/aromatic N) is 3. The molecule has 0 radical (unpaired) electrons. The first kappa shape index (κ1) is 15.0. The van der Waals surface area contributed by atoms with E-state index in [0.29, 0.717) is 18.8 Å². The molecule has 0 aliphatic carbocycles. The second-order valence-electron chi connectivity index (χ2n) is 4.73. The molecule has 1 saturated heterocycles. The summed E-state index contributed by atoms with van der Waals surface area (Å²) in [6, 6.07) is -0.487. The maximum Gasteiger partial charge on any atom is 0.249 e. The molecular weight excluding hydrogens is 274 g/mol. The SMILES string of the molecule is CCCOc1ncnc(N2CC(=O)NC(=O)C2CC)c1N. The molecule has 1 aromatic rings. The highest BCUT2D eigenvalue weighted by molar-refractivity contribution is 6.05. The van der Waals surface area contributed by atoms with Gasteiger partial charge in [0.05, 0.1) is 13.2 Å². The first-order valence-electron chi connectivity index (χ1n) is 6.92. The van der Waals surface area contributed by atoms with Crippen molar-refractivity contribution in [1.82, 2.24) is 15.3 Å². The number of amides is 2. The van der Waals surface area contributed by atoms with Gasteiger partial charge in [-0.3, -0.25) is 14.9 Å². The van der Waals surface area contributed by atoms with Gasteiger partial charge in [-0.15, -0.1) is 0 Å². The molecule has 21 heavy (non-hydrogen) atoms. The van der Waals surface area contributed by atoms with Crippen LogP contribution in [0.5, 0.6) is 5.88 Å². The Hall–Kier alpha value is -2.38. The van der Waals surface area contributed by atoms with Crippen molar-refractivity contribution < 1.29 is 14.3 Å². The van der Waals surface area contributed by atoms with E-state index in [-0.39, 0.29) is 29.9 Å². The molecule has 1 aromatic heterocycles. The number of nitrogen functional groups attached to an aromatic ring is 1. The van der Waals surface area contributed by atoms with Crippen molar-refractivity contribution in [1.29, 1.82) is 0 Å². The van der Waals surface area contributed by atoms with Crippen LogP contribution in [0.2, 0.25) is 0 Å². The van der Waals surface area contributed by atoms with Crippen molar-refractivity contribution in [3.63, 3.8) is 0 Å². The van der Waals surface area contributed by atoms with Gasteiger partial charge in [-0.1, -0.05) is 13.8 Å². The second-order valence-corrected chi connectivity index (χ2v) is 4.73. The zero-order valence-corrected chi connectivity index (χ0v) is 12.1. The maximum atomic E-state index is 11.9. The molecule has 1 aliphatic rings. The lowest BCUT2D eigenvalue weighted by Gasteiger charge is -2.34. The van der Waals surface area contributed by atoms with Crippen molar-refractivity contribution in [2.75, 3.05) is 23.8 Å². The number of imide groups is 1. The van der Waals surface area contributed by atoms with Gasteiger partial charge in [-0.25, -0.2) is 4.98 Å². The Morgan fingerprint density at radius 2 is 2.19 bits per heavy atom. The standard InChI is InChI=1S/C13H19N5O3/c1-3-5-21-13-10(14)11(15-7-16-13)18-6-9(19)17-12(20)8(18)4-2/h7-8H,3-6,14H2,1-2H3,(H,17,19,20). The third-order valence-electron chi connectivity index (χ3n) is 3.18. The summed E-state index contributed by atoms with van der Waals surface area (Å²) in [6.45, 7) is 4.34. The van der Waals surface area contributed by atoms with Crippen LogP contribution in [-0.2, 0) is 9.59 Å². The van der Waals surface area contributed by atoms with Crippen LogP contribution in [0.15, 0.2) is 6.33 Å². The summed E-state index contributed by atoms with van der Waals surface area (Å²) in [5, 5.41) is 2.31. The zero-order valence-electron chi connectivity index (χ0n) is 12.1. The smallest absolute Gasteiger partial charge is 0.249 e. The van der Waals surface area contributed by atoms with Gasteiger partial charge in [0, 0.05) is 0 Å². The normalized spacial score (nSPS) is 18.6. The first-order chi connectivity index (χ1) is 10.1. The van der Waals surface area contributed by atoms with E-state index in [4.69, 9.17) is 10.5 Å². The van der Waals surface area contributed by atoms with E-state index in [1.54, 1.807) is 4.90 Å². The van der Waals surface area contributed by atoms with E-state index >= 15 is 0 Å². The molecule has 0 bridgehead atoms. The first-order valence-corrected chi connectivity index (χ1v) is 6.92. The van der Waals surface area contributed by atoms with E-state index in [1.165, 1.54) is 6.33 Å². The Kier molecular flexibility index (Phi) is 4.56. The summed E-state index contributed by atoms with van der Waals surface area (Å²) in [6.07, 6.45) is 2.68. The van der Waals surface area contributed by atoms with Gasteiger partial charge in [0.25, 0.3) is 0 Å². The number of nitrogens with one attached hydrogen (secondary N) is 1. The number of rotatable bonds is 5. The molecule has 1 fully saturated rings. The lowest BCUT2D eigenvalue weighted by molar-refractivity contribution is -0.132. The highest BCUT2D eigenvalue weighted by atomic mass is 16.5. The molecule has 1 aliphatic heterocycles. The van der Waals surface area contributed by atoms with E-state index in [0.717, 1.165) is 6.42 Å². The molecule has 0 spiro atoms. The molecular formula is C13H19N5O3. The molecule has 3 N–H and O–H groups in total. The minimum Gasteiger partial charge on any atom is -0.476 e. The molecule has 1 unspecified atom stereocenters. The molecule has 2 amide bonds. The Morgan fingerprint density at radius 3 is 2.86 bits per heavy atom. The van der Waals surface area contributed by atoms with Crippen LogP contribution in [0.3, 0.4) is 0 Å². The second kappa shape index (κ2) is 6.38. The topological polar surface area (TPSA) is 110 Å². The number of carbonyl (C=O) groups is 2. The van der Waals surface area contributed by atoms with E-state index in [1.807, 2.05) is 13.8 Å². The number of anilines is 2. The summed E-state index contributed by atoms with van der Waals surface area (Å²) >= 11 is 0. The van der Waals surface area contributed by atoms with Crippen molar-refractivity contribution in [2.24, 2.45) is 0 Å². The van der Waals surface area contributed by atoms with Crippen LogP contribution in [0.1, 0.15) is 26.7 Å². The van der Waals surface area contributed by atoms with Crippen molar-refractivity contribution >= 4 is 23.3 Å². The van der Waals surface area contributed by atoms with Crippen molar-refractivity contribution in [3.05, 3.63) is 6.33 Å². The quantitative estimate of drug-likeness (QED) is 0.740. The van der Waals surface area contributed by atoms with Crippen LogP contribution in [0.4, 0.5) is 11.5 Å². The predicted molar refractivity (Wildman–Crippen MR) is 76.8 cm³/mol. The van der Waals surface area contributed by atoms with E-state index < -0.39 is 6.04 Å². The molecule has 8 nitrogen and oxygen atoms in total. The summed E-state index contributed by atoms with van der Waals surface area (Å²) in [4.78, 5) is 33.2. The molecule has 2 rings (SSSR count). The number of carbonyl (C=O) groups excluding carboxylic acids is 2. The molecule has 8 heteroatoms. The number of aromatic nitrogens is 2. The average molecular weight is 293 g/mol. The van der Waals surface area contributed by atoms with Crippen LogP contribution < -0.4 is 20.7 Å². The minimum absolute atomic E-state index is 0.0265. The molecule has 114 valence electrons. The van der Waals surface area contributed by atoms with Gasteiger partial charge in [0.2, 0.25) is 17.7 Å². The maximum absolute atomic E-state index is 11.9. The zero-order chi connectivity index (χ0) is 15.4. The largest absolute Gasteiger partial charge is 0.476 e. The molecule has 1 atom stereocenters. The third-order valence-corrected chi connectivity index (χ3v) is 3.18.